The summed E-state index contributed by atoms with van der Waals surface area (Å²) in [5, 5.41) is 18.4. The molecule has 8 heteroatoms. The number of hydrogen-bond donors (Lipinski definition) is 2. The number of sulfonamides is 1. The lowest BCUT2D eigenvalue weighted by Crippen LogP contribution is -2.16. The fraction of sp³-hybridized carbons (Fsp3) is 0.167. The van der Waals surface area contributed by atoms with Crippen LogP contribution in [0.25, 0.3) is 5.69 Å². The molecule has 7 nitrogen and oxygen atoms in total. The van der Waals surface area contributed by atoms with Crippen molar-refractivity contribution in [3.8, 4) is 5.69 Å². The van der Waals surface area contributed by atoms with E-state index in [1.54, 1.807) is 19.9 Å². The number of carboxylic acids is 1. The van der Waals surface area contributed by atoms with Gasteiger partial charge in [0.1, 0.15) is 10.5 Å². The Labute approximate surface area is 115 Å². The van der Waals surface area contributed by atoms with Crippen LogP contribution in [0, 0.1) is 13.8 Å². The zero-order valence-electron chi connectivity index (χ0n) is 10.9. The molecular formula is C12H13N3O4S. The van der Waals surface area contributed by atoms with E-state index in [0.29, 0.717) is 11.4 Å². The quantitative estimate of drug-likeness (QED) is 0.870. The van der Waals surface area contributed by atoms with E-state index in [-0.39, 0.29) is 16.1 Å². The van der Waals surface area contributed by atoms with Gasteiger partial charge in [-0.15, -0.1) is 0 Å². The molecule has 106 valence electrons. The van der Waals surface area contributed by atoms with Gasteiger partial charge in [0.25, 0.3) is 0 Å². The van der Waals surface area contributed by atoms with Crippen molar-refractivity contribution in [2.45, 2.75) is 18.7 Å². The number of carbonyl (C=O) groups is 1. The molecule has 1 heterocycles. The van der Waals surface area contributed by atoms with E-state index in [2.05, 4.69) is 5.10 Å². The van der Waals surface area contributed by atoms with E-state index in [9.17, 15) is 13.2 Å². The molecule has 1 aromatic heterocycles. The fourth-order valence-corrected chi connectivity index (χ4v) is 2.77. The Hall–Kier alpha value is -2.19. The number of aromatic nitrogens is 2. The van der Waals surface area contributed by atoms with E-state index in [4.69, 9.17) is 10.2 Å². The maximum absolute atomic E-state index is 11.6. The Kier molecular flexibility index (Phi) is 3.36. The van der Waals surface area contributed by atoms with E-state index >= 15 is 0 Å². The van der Waals surface area contributed by atoms with Crippen LogP contribution in [0.4, 0.5) is 0 Å². The predicted molar refractivity (Wildman–Crippen MR) is 71.4 cm³/mol. The normalized spacial score (nSPS) is 11.6. The zero-order valence-corrected chi connectivity index (χ0v) is 11.7. The second kappa shape index (κ2) is 4.73. The molecule has 0 saturated heterocycles. The first-order valence-electron chi connectivity index (χ1n) is 5.65. The van der Waals surface area contributed by atoms with Crippen LogP contribution in [0.2, 0.25) is 0 Å². The Morgan fingerprint density at radius 2 is 1.90 bits per heavy atom. The minimum atomic E-state index is -3.93. The van der Waals surface area contributed by atoms with Gasteiger partial charge >= 0.3 is 5.97 Å². The zero-order chi connectivity index (χ0) is 15.1. The average molecular weight is 295 g/mol. The number of nitrogens with zero attached hydrogens (tertiary/aromatic N) is 2. The lowest BCUT2D eigenvalue weighted by Gasteiger charge is -2.09. The molecule has 0 bridgehead atoms. The van der Waals surface area contributed by atoms with Gasteiger partial charge in [-0.05, 0) is 26.0 Å². The topological polar surface area (TPSA) is 115 Å². The molecule has 0 aliphatic heterocycles. The maximum Gasteiger partial charge on any atom is 0.339 e. The number of rotatable bonds is 3. The Balaban J connectivity index is 2.78. The van der Waals surface area contributed by atoms with Gasteiger partial charge in [0, 0.05) is 0 Å². The molecule has 0 aliphatic carbocycles. The third-order valence-corrected chi connectivity index (χ3v) is 3.86. The Morgan fingerprint density at radius 3 is 2.40 bits per heavy atom. The lowest BCUT2D eigenvalue weighted by molar-refractivity contribution is 0.0695. The van der Waals surface area contributed by atoms with Crippen LogP contribution in [0.3, 0.4) is 0 Å². The molecule has 0 spiro atoms. The van der Waals surface area contributed by atoms with Crippen LogP contribution < -0.4 is 5.14 Å². The number of hydrogen-bond acceptors (Lipinski definition) is 4. The van der Waals surface area contributed by atoms with Crippen molar-refractivity contribution in [1.82, 2.24) is 9.78 Å². The van der Waals surface area contributed by atoms with Crippen molar-refractivity contribution >= 4 is 16.0 Å². The van der Waals surface area contributed by atoms with Crippen molar-refractivity contribution in [2.24, 2.45) is 5.14 Å². The first-order valence-corrected chi connectivity index (χ1v) is 7.20. The molecule has 1 aromatic carbocycles. The van der Waals surface area contributed by atoms with Gasteiger partial charge in [-0.3, -0.25) is 0 Å². The summed E-state index contributed by atoms with van der Waals surface area (Å²) in [6, 6.07) is 6.03. The van der Waals surface area contributed by atoms with Crippen molar-refractivity contribution in [1.29, 1.82) is 0 Å². The van der Waals surface area contributed by atoms with Gasteiger partial charge in [0.15, 0.2) is 0 Å². The van der Waals surface area contributed by atoms with Gasteiger partial charge in [-0.1, -0.05) is 12.1 Å². The number of aryl methyl sites for hydroxylation is 1. The minimum absolute atomic E-state index is 0.0502. The van der Waals surface area contributed by atoms with Crippen LogP contribution >= 0.6 is 0 Å². The summed E-state index contributed by atoms with van der Waals surface area (Å²) in [6.07, 6.45) is 0. The lowest BCUT2D eigenvalue weighted by atomic mass is 10.2. The Morgan fingerprint density at radius 1 is 1.30 bits per heavy atom. The largest absolute Gasteiger partial charge is 0.478 e. The first-order chi connectivity index (χ1) is 9.23. The summed E-state index contributed by atoms with van der Waals surface area (Å²) in [7, 11) is -3.93. The van der Waals surface area contributed by atoms with Crippen molar-refractivity contribution in [3.05, 3.63) is 41.2 Å². The van der Waals surface area contributed by atoms with Gasteiger partial charge in [-0.2, -0.15) is 5.10 Å². The maximum atomic E-state index is 11.6. The molecule has 0 amide bonds. The second-order valence-electron chi connectivity index (χ2n) is 4.28. The van der Waals surface area contributed by atoms with E-state index in [1.165, 1.54) is 22.9 Å². The number of aromatic carboxylic acids is 1. The summed E-state index contributed by atoms with van der Waals surface area (Å²) in [5.74, 6) is -1.11. The third kappa shape index (κ3) is 2.30. The molecule has 0 aliphatic rings. The summed E-state index contributed by atoms with van der Waals surface area (Å²) >= 11 is 0. The van der Waals surface area contributed by atoms with Crippen molar-refractivity contribution in [3.63, 3.8) is 0 Å². The molecule has 0 atom stereocenters. The van der Waals surface area contributed by atoms with E-state index in [1.807, 2.05) is 0 Å². The van der Waals surface area contributed by atoms with E-state index < -0.39 is 16.0 Å². The molecule has 0 unspecified atom stereocenters. The van der Waals surface area contributed by atoms with Gasteiger partial charge in [0.05, 0.1) is 17.1 Å². The number of primary sulfonamides is 1. The van der Waals surface area contributed by atoms with Crippen LogP contribution in [0.15, 0.2) is 29.2 Å². The van der Waals surface area contributed by atoms with Crippen LogP contribution in [-0.2, 0) is 10.0 Å². The van der Waals surface area contributed by atoms with Crippen molar-refractivity contribution in [2.75, 3.05) is 0 Å². The smallest absolute Gasteiger partial charge is 0.339 e. The summed E-state index contributed by atoms with van der Waals surface area (Å²) in [6.45, 7) is 3.11. The Bertz CT molecular complexity index is 793. The highest BCUT2D eigenvalue weighted by molar-refractivity contribution is 7.89. The number of nitrogens with two attached hydrogens (primary N) is 1. The molecule has 2 aromatic rings. The monoisotopic (exact) mass is 295 g/mol. The summed E-state index contributed by atoms with van der Waals surface area (Å²) in [5.41, 5.74) is 0.919. The highest BCUT2D eigenvalue weighted by atomic mass is 32.2. The average Bonchev–Trinajstić information content (AvgIpc) is 2.63. The third-order valence-electron chi connectivity index (χ3n) is 2.91. The van der Waals surface area contributed by atoms with Gasteiger partial charge in [0.2, 0.25) is 10.0 Å². The minimum Gasteiger partial charge on any atom is -0.478 e. The highest BCUT2D eigenvalue weighted by Gasteiger charge is 2.22. The fourth-order valence-electron chi connectivity index (χ4n) is 2.06. The molecule has 20 heavy (non-hydrogen) atoms. The van der Waals surface area contributed by atoms with Gasteiger partial charge in [-0.25, -0.2) is 23.0 Å². The predicted octanol–water partition coefficient (Wildman–Crippen LogP) is 0.835. The van der Waals surface area contributed by atoms with Crippen molar-refractivity contribution < 1.29 is 18.3 Å². The summed E-state index contributed by atoms with van der Waals surface area (Å²) < 4.78 is 24.4. The van der Waals surface area contributed by atoms with Crippen LogP contribution in [0.1, 0.15) is 21.7 Å². The van der Waals surface area contributed by atoms with E-state index in [0.717, 1.165) is 0 Å². The summed E-state index contributed by atoms with van der Waals surface area (Å²) in [4.78, 5) is 11.1. The molecular weight excluding hydrogens is 282 g/mol. The van der Waals surface area contributed by atoms with Crippen LogP contribution in [-0.4, -0.2) is 29.3 Å². The molecule has 0 fully saturated rings. The first kappa shape index (κ1) is 14.2. The second-order valence-corrected chi connectivity index (χ2v) is 5.81. The number of para-hydroxylation sites is 1. The van der Waals surface area contributed by atoms with Gasteiger partial charge < -0.3 is 5.11 Å². The molecule has 3 N–H and O–H groups in total. The number of benzene rings is 1. The molecule has 0 saturated carbocycles. The SMILES string of the molecule is Cc1nn(-c2ccccc2S(N)(=O)=O)c(C)c1C(=O)O. The highest BCUT2D eigenvalue weighted by Crippen LogP contribution is 2.22. The standard InChI is InChI=1S/C12H13N3O4S/c1-7-11(12(16)17)8(2)15(14-7)9-5-3-4-6-10(9)20(13,18)19/h3-6H,1-2H3,(H,16,17)(H2,13,18,19). The number of carboxylic acid groups (broad SMARTS) is 1. The molecule has 2 rings (SSSR count). The molecule has 0 radical (unpaired) electrons. The van der Waals surface area contributed by atoms with Crippen LogP contribution in [0.5, 0.6) is 0 Å².